The second kappa shape index (κ2) is 7.29. The maximum atomic E-state index is 12.8. The Hall–Kier alpha value is -1.96. The molecule has 0 saturated carbocycles. The first-order valence-electron chi connectivity index (χ1n) is 8.73. The summed E-state index contributed by atoms with van der Waals surface area (Å²) in [5, 5.41) is 6.31. The minimum absolute atomic E-state index is 0.0951. The molecule has 8 heteroatoms. The molecule has 0 radical (unpaired) electrons. The molecule has 0 spiro atoms. The molecule has 0 aliphatic carbocycles. The summed E-state index contributed by atoms with van der Waals surface area (Å²) >= 11 is 0. The van der Waals surface area contributed by atoms with Crippen LogP contribution in [0.5, 0.6) is 0 Å². The average Bonchev–Trinajstić information content (AvgIpc) is 3.15. The minimum atomic E-state index is -0.150. The summed E-state index contributed by atoms with van der Waals surface area (Å²) in [6.45, 7) is 8.58. The number of likely N-dealkylation sites (tertiary alicyclic amines) is 1. The summed E-state index contributed by atoms with van der Waals surface area (Å²) in [6.07, 6.45) is 3.38. The maximum absolute atomic E-state index is 12.8. The highest BCUT2D eigenvalue weighted by atomic mass is 16.2. The molecular weight excluding hydrogens is 308 g/mol. The number of nitrogens with one attached hydrogen (secondary N) is 1. The van der Waals surface area contributed by atoms with Crippen LogP contribution >= 0.6 is 0 Å². The van der Waals surface area contributed by atoms with Crippen molar-refractivity contribution >= 4 is 11.8 Å². The third-order valence-corrected chi connectivity index (χ3v) is 5.03. The lowest BCUT2D eigenvalue weighted by molar-refractivity contribution is -0.139. The van der Waals surface area contributed by atoms with Gasteiger partial charge < -0.3 is 14.7 Å². The summed E-state index contributed by atoms with van der Waals surface area (Å²) in [5.41, 5.74) is 0. The van der Waals surface area contributed by atoms with E-state index in [2.05, 4.69) is 33.9 Å². The third-order valence-electron chi connectivity index (χ3n) is 5.03. The highest BCUT2D eigenvalue weighted by Crippen LogP contribution is 2.21. The summed E-state index contributed by atoms with van der Waals surface area (Å²) < 4.78 is 0. The van der Waals surface area contributed by atoms with Gasteiger partial charge in [-0.05, 0) is 33.2 Å². The van der Waals surface area contributed by atoms with Gasteiger partial charge in [0.15, 0.2) is 0 Å². The van der Waals surface area contributed by atoms with E-state index in [4.69, 9.17) is 0 Å². The van der Waals surface area contributed by atoms with Gasteiger partial charge in [0.25, 0.3) is 5.91 Å². The number of piperidine rings is 1. The molecule has 2 aliphatic heterocycles. The minimum Gasteiger partial charge on any atom is -0.339 e. The molecule has 1 aromatic rings. The molecule has 1 aromatic heterocycles. The number of H-pyrrole nitrogens is 1. The highest BCUT2D eigenvalue weighted by molar-refractivity contribution is 5.90. The molecule has 132 valence electrons. The molecule has 3 rings (SSSR count). The van der Waals surface area contributed by atoms with Gasteiger partial charge in [-0.15, -0.1) is 0 Å². The van der Waals surface area contributed by atoms with Crippen LogP contribution in [0, 0.1) is 5.92 Å². The lowest BCUT2D eigenvalue weighted by Gasteiger charge is -2.39. The molecule has 0 aromatic carbocycles. The Morgan fingerprint density at radius 2 is 1.88 bits per heavy atom. The second-order valence-electron chi connectivity index (χ2n) is 6.88. The number of aromatic nitrogens is 3. The van der Waals surface area contributed by atoms with Crippen molar-refractivity contribution in [3.05, 3.63) is 12.2 Å². The molecule has 2 saturated heterocycles. The molecule has 0 bridgehead atoms. The largest absolute Gasteiger partial charge is 0.339 e. The number of amides is 2. The Morgan fingerprint density at radius 1 is 1.17 bits per heavy atom. The van der Waals surface area contributed by atoms with E-state index in [0.717, 1.165) is 25.9 Å². The van der Waals surface area contributed by atoms with Crippen LogP contribution in [-0.4, -0.2) is 87.0 Å². The van der Waals surface area contributed by atoms with Crippen LogP contribution in [0.3, 0.4) is 0 Å². The molecule has 2 amide bonds. The second-order valence-corrected chi connectivity index (χ2v) is 6.88. The van der Waals surface area contributed by atoms with E-state index >= 15 is 0 Å². The van der Waals surface area contributed by atoms with Gasteiger partial charge in [-0.1, -0.05) is 0 Å². The van der Waals surface area contributed by atoms with E-state index in [0.29, 0.717) is 32.2 Å². The highest BCUT2D eigenvalue weighted by Gasteiger charge is 2.32. The summed E-state index contributed by atoms with van der Waals surface area (Å²) in [4.78, 5) is 35.0. The fraction of sp³-hybridized carbons (Fsp3) is 0.750. The molecule has 1 N–H and O–H groups in total. The number of hydrogen-bond donors (Lipinski definition) is 1. The normalized spacial score (nSPS) is 22.9. The summed E-state index contributed by atoms with van der Waals surface area (Å²) in [7, 11) is 0. The monoisotopic (exact) mass is 334 g/mol. The summed E-state index contributed by atoms with van der Waals surface area (Å²) in [5.74, 6) is 0.447. The zero-order valence-corrected chi connectivity index (χ0v) is 14.4. The molecule has 3 heterocycles. The van der Waals surface area contributed by atoms with Crippen LogP contribution in [0.15, 0.2) is 6.33 Å². The van der Waals surface area contributed by atoms with Gasteiger partial charge in [0.2, 0.25) is 11.7 Å². The Bertz CT molecular complexity index is 565. The average molecular weight is 334 g/mol. The Balaban J connectivity index is 1.52. The lowest BCUT2D eigenvalue weighted by atomic mass is 9.95. The van der Waals surface area contributed by atoms with E-state index < -0.39 is 0 Å². The molecule has 8 nitrogen and oxygen atoms in total. The van der Waals surface area contributed by atoms with Crippen molar-refractivity contribution in [2.24, 2.45) is 5.92 Å². The molecule has 0 unspecified atom stereocenters. The standard InChI is InChI=1S/C16H26N6O2/c1-12(2)22-5-3-4-13(10-22)15(23)20-6-8-21(9-7-20)16(24)14-17-11-18-19-14/h11-13H,3-10H2,1-2H3,(H,17,18,19)/t13-/m1/s1. The van der Waals surface area contributed by atoms with Crippen LogP contribution < -0.4 is 0 Å². The number of carbonyl (C=O) groups is 2. The van der Waals surface area contributed by atoms with Crippen molar-refractivity contribution in [1.82, 2.24) is 29.9 Å². The van der Waals surface area contributed by atoms with Crippen molar-refractivity contribution < 1.29 is 9.59 Å². The van der Waals surface area contributed by atoms with Crippen molar-refractivity contribution in [1.29, 1.82) is 0 Å². The van der Waals surface area contributed by atoms with Crippen molar-refractivity contribution in [2.75, 3.05) is 39.3 Å². The van der Waals surface area contributed by atoms with Gasteiger partial charge in [0, 0.05) is 38.8 Å². The zero-order valence-electron chi connectivity index (χ0n) is 14.4. The van der Waals surface area contributed by atoms with Gasteiger partial charge in [-0.2, -0.15) is 5.10 Å². The third kappa shape index (κ3) is 3.58. The fourth-order valence-corrected chi connectivity index (χ4v) is 3.52. The van der Waals surface area contributed by atoms with Gasteiger partial charge >= 0.3 is 0 Å². The van der Waals surface area contributed by atoms with Crippen LogP contribution in [-0.2, 0) is 4.79 Å². The lowest BCUT2D eigenvalue weighted by Crippen LogP contribution is -2.54. The predicted molar refractivity (Wildman–Crippen MR) is 88.3 cm³/mol. The maximum Gasteiger partial charge on any atom is 0.291 e. The predicted octanol–water partition coefficient (Wildman–Crippen LogP) is 0.210. The van der Waals surface area contributed by atoms with E-state index in [1.54, 1.807) is 4.90 Å². The van der Waals surface area contributed by atoms with E-state index in [9.17, 15) is 9.59 Å². The number of piperazine rings is 1. The topological polar surface area (TPSA) is 85.4 Å². The van der Waals surface area contributed by atoms with Gasteiger partial charge in [0.05, 0.1) is 5.92 Å². The first-order valence-corrected chi connectivity index (χ1v) is 8.73. The molecular formula is C16H26N6O2. The van der Waals surface area contributed by atoms with E-state index in [1.165, 1.54) is 6.33 Å². The van der Waals surface area contributed by atoms with Crippen molar-refractivity contribution in [3.8, 4) is 0 Å². The Labute approximate surface area is 142 Å². The Morgan fingerprint density at radius 3 is 2.50 bits per heavy atom. The fourth-order valence-electron chi connectivity index (χ4n) is 3.52. The van der Waals surface area contributed by atoms with Gasteiger partial charge in [-0.25, -0.2) is 4.98 Å². The molecule has 2 fully saturated rings. The van der Waals surface area contributed by atoms with Crippen molar-refractivity contribution in [2.45, 2.75) is 32.7 Å². The number of rotatable bonds is 3. The SMILES string of the molecule is CC(C)N1CCC[C@@H](C(=O)N2CCN(C(=O)c3ncn[nH]3)CC2)C1. The van der Waals surface area contributed by atoms with Crippen LogP contribution in [0.4, 0.5) is 0 Å². The van der Waals surface area contributed by atoms with Gasteiger partial charge in [-0.3, -0.25) is 14.7 Å². The number of aromatic amines is 1. The van der Waals surface area contributed by atoms with E-state index in [1.807, 2.05) is 4.90 Å². The van der Waals surface area contributed by atoms with Crippen LogP contribution in [0.2, 0.25) is 0 Å². The smallest absolute Gasteiger partial charge is 0.291 e. The molecule has 24 heavy (non-hydrogen) atoms. The Kier molecular flexibility index (Phi) is 5.13. The quantitative estimate of drug-likeness (QED) is 0.854. The first kappa shape index (κ1) is 16.9. The number of carbonyl (C=O) groups excluding carboxylic acids is 2. The molecule has 2 aliphatic rings. The zero-order chi connectivity index (χ0) is 17.1. The van der Waals surface area contributed by atoms with Crippen LogP contribution in [0.25, 0.3) is 0 Å². The molecule has 1 atom stereocenters. The van der Waals surface area contributed by atoms with Gasteiger partial charge in [0.1, 0.15) is 6.33 Å². The van der Waals surface area contributed by atoms with Crippen molar-refractivity contribution in [3.63, 3.8) is 0 Å². The number of nitrogens with zero attached hydrogens (tertiary/aromatic N) is 5. The van der Waals surface area contributed by atoms with Crippen LogP contribution in [0.1, 0.15) is 37.3 Å². The first-order chi connectivity index (χ1) is 11.6. The summed E-state index contributed by atoms with van der Waals surface area (Å²) in [6, 6.07) is 0.483. The number of hydrogen-bond acceptors (Lipinski definition) is 5. The van der Waals surface area contributed by atoms with E-state index in [-0.39, 0.29) is 23.6 Å².